The van der Waals surface area contributed by atoms with Crippen LogP contribution in [0.5, 0.6) is 0 Å². The maximum Gasteiger partial charge on any atom is 0.338 e. The first-order chi connectivity index (χ1) is 9.70. The second-order valence-electron chi connectivity index (χ2n) is 4.62. The van der Waals surface area contributed by atoms with Crippen molar-refractivity contribution in [1.29, 1.82) is 0 Å². The van der Waals surface area contributed by atoms with Crippen molar-refractivity contribution >= 4 is 5.97 Å². The number of benzene rings is 1. The van der Waals surface area contributed by atoms with Gasteiger partial charge in [0.1, 0.15) is 6.61 Å². The molecule has 0 aliphatic rings. The van der Waals surface area contributed by atoms with Gasteiger partial charge in [0.2, 0.25) is 0 Å². The van der Waals surface area contributed by atoms with Crippen LogP contribution in [-0.4, -0.2) is 12.6 Å². The quantitative estimate of drug-likeness (QED) is 0.296. The van der Waals surface area contributed by atoms with Crippen LogP contribution in [0, 0.1) is 0 Å². The van der Waals surface area contributed by atoms with Gasteiger partial charge in [0.25, 0.3) is 0 Å². The van der Waals surface area contributed by atoms with Crippen molar-refractivity contribution < 1.29 is 9.53 Å². The minimum absolute atomic E-state index is 0.278. The Labute approximate surface area is 121 Å². The van der Waals surface area contributed by atoms with Gasteiger partial charge in [0.15, 0.2) is 0 Å². The van der Waals surface area contributed by atoms with Gasteiger partial charge in [0.05, 0.1) is 5.56 Å². The smallest absolute Gasteiger partial charge is 0.338 e. The topological polar surface area (TPSA) is 26.3 Å². The molecule has 0 aliphatic carbocycles. The number of carbonyl (C=O) groups excluding carboxylic acids is 1. The van der Waals surface area contributed by atoms with Gasteiger partial charge in [-0.05, 0) is 38.3 Å². The highest BCUT2D eigenvalue weighted by Gasteiger charge is 2.03. The maximum absolute atomic E-state index is 11.6. The number of rotatable bonds is 8. The third-order valence-corrected chi connectivity index (χ3v) is 2.63. The Balaban J connectivity index is 2.10. The Bertz CT molecular complexity index is 469. The summed E-state index contributed by atoms with van der Waals surface area (Å²) in [7, 11) is 0. The molecule has 2 nitrogen and oxygen atoms in total. The molecule has 0 spiro atoms. The predicted octanol–water partition coefficient (Wildman–Crippen LogP) is 4.70. The lowest BCUT2D eigenvalue weighted by atomic mass is 10.2. The second-order valence-corrected chi connectivity index (χ2v) is 4.62. The van der Waals surface area contributed by atoms with Crippen molar-refractivity contribution in [3.05, 3.63) is 72.4 Å². The van der Waals surface area contributed by atoms with Crippen LogP contribution in [-0.2, 0) is 4.74 Å². The van der Waals surface area contributed by atoms with Gasteiger partial charge >= 0.3 is 5.97 Å². The summed E-state index contributed by atoms with van der Waals surface area (Å²) >= 11 is 0. The van der Waals surface area contributed by atoms with E-state index in [9.17, 15) is 4.79 Å². The predicted molar refractivity (Wildman–Crippen MR) is 83.7 cm³/mol. The lowest BCUT2D eigenvalue weighted by Gasteiger charge is -2.00. The van der Waals surface area contributed by atoms with Gasteiger partial charge in [-0.2, -0.15) is 0 Å². The number of carbonyl (C=O) groups is 1. The Morgan fingerprint density at radius 2 is 1.85 bits per heavy atom. The van der Waals surface area contributed by atoms with E-state index in [0.29, 0.717) is 12.2 Å². The fourth-order valence-electron chi connectivity index (χ4n) is 1.61. The van der Waals surface area contributed by atoms with Gasteiger partial charge in [-0.25, -0.2) is 4.79 Å². The summed E-state index contributed by atoms with van der Waals surface area (Å²) < 4.78 is 5.14. The van der Waals surface area contributed by atoms with Gasteiger partial charge in [0, 0.05) is 0 Å². The molecule has 0 saturated heterocycles. The van der Waals surface area contributed by atoms with E-state index >= 15 is 0 Å². The molecule has 0 N–H and O–H groups in total. The Morgan fingerprint density at radius 3 is 2.55 bits per heavy atom. The van der Waals surface area contributed by atoms with Crippen molar-refractivity contribution in [2.45, 2.75) is 26.2 Å². The third-order valence-electron chi connectivity index (χ3n) is 2.63. The van der Waals surface area contributed by atoms with Crippen LogP contribution < -0.4 is 0 Å². The molecule has 1 aromatic rings. The molecule has 2 heteroatoms. The summed E-state index contributed by atoms with van der Waals surface area (Å²) in [5.74, 6) is -0.278. The van der Waals surface area contributed by atoms with Crippen LogP contribution in [0.3, 0.4) is 0 Å². The molecule has 0 radical (unpaired) electrons. The number of allylic oxidation sites excluding steroid dienone is 4. The Hall–Kier alpha value is -2.09. The van der Waals surface area contributed by atoms with Crippen LogP contribution in [0.15, 0.2) is 66.8 Å². The Kier molecular flexibility index (Phi) is 7.82. The van der Waals surface area contributed by atoms with Crippen LogP contribution >= 0.6 is 0 Å². The molecule has 106 valence electrons. The van der Waals surface area contributed by atoms with Crippen LogP contribution in [0.1, 0.15) is 36.5 Å². The number of unbranched alkanes of at least 4 members (excludes halogenated alkanes) is 2. The zero-order valence-corrected chi connectivity index (χ0v) is 12.0. The van der Waals surface area contributed by atoms with Crippen molar-refractivity contribution in [3.8, 4) is 0 Å². The van der Waals surface area contributed by atoms with E-state index in [4.69, 9.17) is 4.74 Å². The molecule has 20 heavy (non-hydrogen) atoms. The van der Waals surface area contributed by atoms with Crippen LogP contribution in [0.4, 0.5) is 0 Å². The summed E-state index contributed by atoms with van der Waals surface area (Å²) in [6, 6.07) is 9.02. The molecule has 0 aliphatic heterocycles. The van der Waals surface area contributed by atoms with E-state index in [1.54, 1.807) is 12.1 Å². The number of hydrogen-bond donors (Lipinski definition) is 0. The highest BCUT2D eigenvalue weighted by Crippen LogP contribution is 2.02. The highest BCUT2D eigenvalue weighted by molar-refractivity contribution is 5.89. The molecule has 1 rings (SSSR count). The normalized spacial score (nSPS) is 11.1. The monoisotopic (exact) mass is 270 g/mol. The number of esters is 1. The molecular formula is C18H22O2. The minimum atomic E-state index is -0.278. The summed E-state index contributed by atoms with van der Waals surface area (Å²) in [5, 5.41) is 0. The summed E-state index contributed by atoms with van der Waals surface area (Å²) in [6.07, 6.45) is 11.2. The Morgan fingerprint density at radius 1 is 1.15 bits per heavy atom. The average molecular weight is 270 g/mol. The maximum atomic E-state index is 11.6. The van der Waals surface area contributed by atoms with E-state index < -0.39 is 0 Å². The zero-order valence-electron chi connectivity index (χ0n) is 12.0. The molecule has 0 unspecified atom stereocenters. The molecule has 0 heterocycles. The molecule has 0 amide bonds. The lowest BCUT2D eigenvalue weighted by Crippen LogP contribution is -2.04. The molecule has 0 aromatic heterocycles. The molecular weight excluding hydrogens is 248 g/mol. The molecule has 0 saturated carbocycles. The van der Waals surface area contributed by atoms with Gasteiger partial charge in [-0.3, -0.25) is 0 Å². The van der Waals surface area contributed by atoms with Crippen LogP contribution in [0.25, 0.3) is 0 Å². The first-order valence-electron chi connectivity index (χ1n) is 6.89. The van der Waals surface area contributed by atoms with E-state index in [1.165, 1.54) is 0 Å². The molecule has 0 fully saturated rings. The fraction of sp³-hybridized carbons (Fsp3) is 0.278. The van der Waals surface area contributed by atoms with E-state index in [1.807, 2.05) is 43.4 Å². The fourth-order valence-corrected chi connectivity index (χ4v) is 1.61. The largest absolute Gasteiger partial charge is 0.458 e. The molecule has 0 bridgehead atoms. The first-order valence-corrected chi connectivity index (χ1v) is 6.89. The third kappa shape index (κ3) is 7.37. The van der Waals surface area contributed by atoms with E-state index in [2.05, 4.69) is 12.7 Å². The van der Waals surface area contributed by atoms with Gasteiger partial charge in [-0.15, -0.1) is 0 Å². The minimum Gasteiger partial charge on any atom is -0.458 e. The van der Waals surface area contributed by atoms with Crippen molar-refractivity contribution in [1.82, 2.24) is 0 Å². The zero-order chi connectivity index (χ0) is 14.6. The number of ether oxygens (including phenoxy) is 1. The van der Waals surface area contributed by atoms with Gasteiger partial charge < -0.3 is 4.74 Å². The van der Waals surface area contributed by atoms with Gasteiger partial charge in [-0.1, -0.05) is 54.7 Å². The molecule has 1 aromatic carbocycles. The average Bonchev–Trinajstić information content (AvgIpc) is 2.46. The number of hydrogen-bond acceptors (Lipinski definition) is 2. The SMILES string of the molecule is C=C(C)/C=C/CCC/C=C/COC(=O)c1ccccc1. The molecule has 0 atom stereocenters. The second kappa shape index (κ2) is 9.79. The summed E-state index contributed by atoms with van der Waals surface area (Å²) in [4.78, 5) is 11.6. The van der Waals surface area contributed by atoms with Crippen LogP contribution in [0.2, 0.25) is 0 Å². The first kappa shape index (κ1) is 16.0. The van der Waals surface area contributed by atoms with Crippen molar-refractivity contribution in [2.75, 3.05) is 6.61 Å². The summed E-state index contributed by atoms with van der Waals surface area (Å²) in [6.45, 7) is 6.12. The highest BCUT2D eigenvalue weighted by atomic mass is 16.5. The van der Waals surface area contributed by atoms with Crippen molar-refractivity contribution in [3.63, 3.8) is 0 Å². The lowest BCUT2D eigenvalue weighted by molar-refractivity contribution is 0.0549. The van der Waals surface area contributed by atoms with E-state index in [0.717, 1.165) is 24.8 Å². The summed E-state index contributed by atoms with van der Waals surface area (Å²) in [5.41, 5.74) is 1.67. The van der Waals surface area contributed by atoms with E-state index in [-0.39, 0.29) is 5.97 Å². The standard InChI is InChI=1S/C18H22O2/c1-16(2)12-8-5-3-4-6-11-15-20-18(19)17-13-9-7-10-14-17/h6-14H,1,3-5,15H2,2H3/b11-6+,12-8+. The van der Waals surface area contributed by atoms with Crippen molar-refractivity contribution in [2.24, 2.45) is 0 Å².